The number of nitrogens with one attached hydrogen (secondary N) is 1. The Morgan fingerprint density at radius 2 is 2.20 bits per heavy atom. The van der Waals surface area contributed by atoms with Crippen LogP contribution in [0.15, 0.2) is 23.1 Å². The van der Waals surface area contributed by atoms with Crippen molar-refractivity contribution in [3.05, 3.63) is 28.8 Å². The molecule has 1 unspecified atom stereocenters. The molecular formula is C14H20Cl2N2OS. The van der Waals surface area contributed by atoms with Crippen LogP contribution in [0.5, 0.6) is 0 Å². The average molecular weight is 335 g/mol. The zero-order valence-corrected chi connectivity index (χ0v) is 14.0. The van der Waals surface area contributed by atoms with Crippen molar-refractivity contribution in [3.63, 3.8) is 0 Å². The van der Waals surface area contributed by atoms with E-state index in [1.54, 1.807) is 17.8 Å². The van der Waals surface area contributed by atoms with Gasteiger partial charge in [0, 0.05) is 11.4 Å². The summed E-state index contributed by atoms with van der Waals surface area (Å²) < 4.78 is 0. The number of carbonyl (C=O) groups is 1. The van der Waals surface area contributed by atoms with Crippen LogP contribution in [0, 0.1) is 5.92 Å². The SMILES string of the molecule is CSc1ccc(Cl)c(C(=O)NC(C)(CN)C2CC2)c1.Cl. The van der Waals surface area contributed by atoms with Crippen LogP contribution in [0.1, 0.15) is 30.1 Å². The largest absolute Gasteiger partial charge is 0.345 e. The maximum atomic E-state index is 12.4. The van der Waals surface area contributed by atoms with Crippen LogP contribution in [-0.4, -0.2) is 24.2 Å². The molecule has 1 aliphatic carbocycles. The van der Waals surface area contributed by atoms with E-state index in [1.165, 1.54) is 0 Å². The molecule has 1 saturated carbocycles. The number of benzene rings is 1. The van der Waals surface area contributed by atoms with Crippen molar-refractivity contribution in [2.75, 3.05) is 12.8 Å². The van der Waals surface area contributed by atoms with Crippen LogP contribution in [-0.2, 0) is 0 Å². The highest BCUT2D eigenvalue weighted by Gasteiger charge is 2.41. The van der Waals surface area contributed by atoms with Gasteiger partial charge in [-0.15, -0.1) is 24.2 Å². The van der Waals surface area contributed by atoms with Gasteiger partial charge in [-0.1, -0.05) is 11.6 Å². The summed E-state index contributed by atoms with van der Waals surface area (Å²) in [6.07, 6.45) is 4.23. The molecule has 6 heteroatoms. The van der Waals surface area contributed by atoms with Gasteiger partial charge < -0.3 is 11.1 Å². The van der Waals surface area contributed by atoms with E-state index < -0.39 is 0 Å². The van der Waals surface area contributed by atoms with E-state index in [-0.39, 0.29) is 23.9 Å². The van der Waals surface area contributed by atoms with Crippen molar-refractivity contribution in [1.82, 2.24) is 5.32 Å². The van der Waals surface area contributed by atoms with Gasteiger partial charge in [-0.3, -0.25) is 4.79 Å². The molecule has 0 radical (unpaired) electrons. The first-order chi connectivity index (χ1) is 9.00. The Hall–Kier alpha value is -0.420. The minimum absolute atomic E-state index is 0. The zero-order valence-electron chi connectivity index (χ0n) is 11.6. The van der Waals surface area contributed by atoms with Gasteiger partial charge in [-0.05, 0) is 50.1 Å². The van der Waals surface area contributed by atoms with E-state index in [1.807, 2.05) is 25.3 Å². The van der Waals surface area contributed by atoms with Crippen molar-refractivity contribution in [1.29, 1.82) is 0 Å². The summed E-state index contributed by atoms with van der Waals surface area (Å²) in [6, 6.07) is 5.50. The van der Waals surface area contributed by atoms with Gasteiger partial charge in [0.05, 0.1) is 16.1 Å². The van der Waals surface area contributed by atoms with Gasteiger partial charge in [0.25, 0.3) is 5.91 Å². The molecule has 1 aromatic rings. The predicted octanol–water partition coefficient (Wildman–Crippen LogP) is 3.34. The van der Waals surface area contributed by atoms with Crippen LogP contribution in [0.2, 0.25) is 5.02 Å². The Balaban J connectivity index is 0.00000200. The highest BCUT2D eigenvalue weighted by atomic mass is 35.5. The summed E-state index contributed by atoms with van der Waals surface area (Å²) in [4.78, 5) is 13.4. The molecule has 3 nitrogen and oxygen atoms in total. The number of halogens is 2. The third kappa shape index (κ3) is 3.82. The molecule has 0 spiro atoms. The Kier molecular flexibility index (Phi) is 6.20. The fourth-order valence-corrected chi connectivity index (χ4v) is 2.82. The van der Waals surface area contributed by atoms with E-state index in [0.29, 0.717) is 23.0 Å². The average Bonchev–Trinajstić information content (AvgIpc) is 3.23. The molecule has 20 heavy (non-hydrogen) atoms. The lowest BCUT2D eigenvalue weighted by Gasteiger charge is -2.29. The number of hydrogen-bond acceptors (Lipinski definition) is 3. The first kappa shape index (κ1) is 17.6. The van der Waals surface area contributed by atoms with Crippen molar-refractivity contribution in [3.8, 4) is 0 Å². The normalized spacial score (nSPS) is 17.0. The summed E-state index contributed by atoms with van der Waals surface area (Å²) in [5.41, 5.74) is 6.02. The molecule has 2 rings (SSSR count). The lowest BCUT2D eigenvalue weighted by atomic mass is 9.95. The third-order valence-corrected chi connectivity index (χ3v) is 4.77. The summed E-state index contributed by atoms with van der Waals surface area (Å²) in [5, 5.41) is 3.53. The second kappa shape index (κ2) is 7.03. The molecule has 112 valence electrons. The Labute approximate surface area is 135 Å². The van der Waals surface area contributed by atoms with Crippen LogP contribution in [0.25, 0.3) is 0 Å². The monoisotopic (exact) mass is 334 g/mol. The molecule has 1 aromatic carbocycles. The van der Waals surface area contributed by atoms with Gasteiger partial charge >= 0.3 is 0 Å². The topological polar surface area (TPSA) is 55.1 Å². The summed E-state index contributed by atoms with van der Waals surface area (Å²) >= 11 is 7.70. The molecule has 1 fully saturated rings. The maximum absolute atomic E-state index is 12.4. The Morgan fingerprint density at radius 3 is 2.70 bits per heavy atom. The first-order valence-electron chi connectivity index (χ1n) is 6.36. The van der Waals surface area contributed by atoms with E-state index in [4.69, 9.17) is 17.3 Å². The lowest BCUT2D eigenvalue weighted by molar-refractivity contribution is 0.0898. The van der Waals surface area contributed by atoms with Crippen LogP contribution in [0.4, 0.5) is 0 Å². The van der Waals surface area contributed by atoms with E-state index in [9.17, 15) is 4.79 Å². The molecule has 0 aromatic heterocycles. The van der Waals surface area contributed by atoms with E-state index in [0.717, 1.165) is 17.7 Å². The molecule has 3 N–H and O–H groups in total. The van der Waals surface area contributed by atoms with Gasteiger partial charge in [-0.2, -0.15) is 0 Å². The highest BCUT2D eigenvalue weighted by Crippen LogP contribution is 2.39. The number of nitrogens with two attached hydrogens (primary N) is 1. The Bertz CT molecular complexity index is 494. The zero-order chi connectivity index (χ0) is 14.0. The van der Waals surface area contributed by atoms with Gasteiger partial charge in [0.2, 0.25) is 0 Å². The number of carbonyl (C=O) groups excluding carboxylic acids is 1. The predicted molar refractivity (Wildman–Crippen MR) is 88.1 cm³/mol. The molecule has 1 atom stereocenters. The number of amides is 1. The molecule has 0 bridgehead atoms. The quantitative estimate of drug-likeness (QED) is 0.812. The van der Waals surface area contributed by atoms with Crippen molar-refractivity contribution >= 4 is 41.7 Å². The number of rotatable bonds is 5. The molecular weight excluding hydrogens is 315 g/mol. The minimum Gasteiger partial charge on any atom is -0.345 e. The van der Waals surface area contributed by atoms with E-state index in [2.05, 4.69) is 5.32 Å². The van der Waals surface area contributed by atoms with Crippen molar-refractivity contribution in [2.45, 2.75) is 30.2 Å². The van der Waals surface area contributed by atoms with Crippen molar-refractivity contribution in [2.24, 2.45) is 11.7 Å². The summed E-state index contributed by atoms with van der Waals surface area (Å²) in [6.45, 7) is 2.46. The Morgan fingerprint density at radius 1 is 1.55 bits per heavy atom. The third-order valence-electron chi connectivity index (χ3n) is 3.72. The summed E-state index contributed by atoms with van der Waals surface area (Å²) in [5.74, 6) is 0.352. The van der Waals surface area contributed by atoms with Gasteiger partial charge in [-0.25, -0.2) is 0 Å². The lowest BCUT2D eigenvalue weighted by Crippen LogP contribution is -2.53. The number of hydrogen-bond donors (Lipinski definition) is 2. The van der Waals surface area contributed by atoms with E-state index >= 15 is 0 Å². The molecule has 1 aliphatic rings. The first-order valence-corrected chi connectivity index (χ1v) is 7.96. The highest BCUT2D eigenvalue weighted by molar-refractivity contribution is 7.98. The standard InChI is InChI=1S/C14H19ClN2OS.ClH/c1-14(8-16,9-3-4-9)17-13(18)11-7-10(19-2)5-6-12(11)15;/h5-7,9H,3-4,8,16H2,1-2H3,(H,17,18);1H. The van der Waals surface area contributed by atoms with Crippen molar-refractivity contribution < 1.29 is 4.79 Å². The minimum atomic E-state index is -0.324. The van der Waals surface area contributed by atoms with Gasteiger partial charge in [0.1, 0.15) is 0 Å². The van der Waals surface area contributed by atoms with Gasteiger partial charge in [0.15, 0.2) is 0 Å². The smallest absolute Gasteiger partial charge is 0.253 e. The molecule has 0 heterocycles. The second-order valence-electron chi connectivity index (χ2n) is 5.20. The summed E-state index contributed by atoms with van der Waals surface area (Å²) in [7, 11) is 0. The maximum Gasteiger partial charge on any atom is 0.253 e. The molecule has 0 aliphatic heterocycles. The number of thioether (sulfide) groups is 1. The fraction of sp³-hybridized carbons (Fsp3) is 0.500. The molecule has 0 saturated heterocycles. The molecule has 1 amide bonds. The van der Waals surface area contributed by atoms with Crippen LogP contribution < -0.4 is 11.1 Å². The van der Waals surface area contributed by atoms with Crippen LogP contribution in [0.3, 0.4) is 0 Å². The van der Waals surface area contributed by atoms with Crippen LogP contribution >= 0.6 is 35.8 Å². The fourth-order valence-electron chi connectivity index (χ4n) is 2.17. The second-order valence-corrected chi connectivity index (χ2v) is 6.48.